The second-order valence-electron chi connectivity index (χ2n) is 2.91. The normalized spacial score (nSPS) is 10.3. The number of aromatic nitrogens is 2. The lowest BCUT2D eigenvalue weighted by molar-refractivity contribution is -0.384. The Labute approximate surface area is 104 Å². The van der Waals surface area contributed by atoms with Gasteiger partial charge in [-0.05, 0) is 6.07 Å². The van der Waals surface area contributed by atoms with Crippen LogP contribution in [0, 0.1) is 10.1 Å². The first-order valence-electron chi connectivity index (χ1n) is 4.34. The van der Waals surface area contributed by atoms with E-state index in [9.17, 15) is 10.1 Å². The Balaban J connectivity index is 2.50. The number of alkyl halides is 1. The predicted octanol–water partition coefficient (Wildman–Crippen LogP) is 2.58. The Hall–Kier alpha value is -1.51. The fourth-order valence-corrected chi connectivity index (χ4v) is 1.54. The minimum absolute atomic E-state index is 0.0360. The third-order valence-electron chi connectivity index (χ3n) is 1.91. The summed E-state index contributed by atoms with van der Waals surface area (Å²) < 4.78 is 5.85. The van der Waals surface area contributed by atoms with Gasteiger partial charge in [-0.2, -0.15) is 0 Å². The van der Waals surface area contributed by atoms with E-state index in [1.54, 1.807) is 18.2 Å². The van der Waals surface area contributed by atoms with Crippen molar-refractivity contribution in [1.29, 1.82) is 0 Å². The van der Waals surface area contributed by atoms with Gasteiger partial charge in [0.15, 0.2) is 0 Å². The van der Waals surface area contributed by atoms with Gasteiger partial charge in [0.1, 0.15) is 5.56 Å². The van der Waals surface area contributed by atoms with E-state index in [0.29, 0.717) is 15.9 Å². The van der Waals surface area contributed by atoms with Gasteiger partial charge in [0.2, 0.25) is 5.89 Å². The van der Waals surface area contributed by atoms with Crippen LogP contribution in [0.3, 0.4) is 0 Å². The molecule has 0 aliphatic carbocycles. The summed E-state index contributed by atoms with van der Waals surface area (Å²) >= 11 is 2.08. The number of nitro groups is 1. The van der Waals surface area contributed by atoms with Crippen LogP contribution in [0.1, 0.15) is 5.89 Å². The average Bonchev–Trinajstić information content (AvgIpc) is 2.77. The van der Waals surface area contributed by atoms with Crippen LogP contribution in [0.25, 0.3) is 11.5 Å². The summed E-state index contributed by atoms with van der Waals surface area (Å²) in [5.74, 6) is 0.632. The van der Waals surface area contributed by atoms with E-state index in [4.69, 9.17) is 4.42 Å². The summed E-state index contributed by atoms with van der Waals surface area (Å²) in [6.07, 6.45) is 0. The number of rotatable bonds is 3. The van der Waals surface area contributed by atoms with Crippen molar-refractivity contribution in [3.8, 4) is 11.5 Å². The lowest BCUT2D eigenvalue weighted by atomic mass is 10.2. The fourth-order valence-electron chi connectivity index (χ4n) is 1.23. The highest BCUT2D eigenvalue weighted by molar-refractivity contribution is 14.1. The number of nitrogens with zero attached hydrogens (tertiary/aromatic N) is 3. The lowest BCUT2D eigenvalue weighted by Crippen LogP contribution is -1.91. The Morgan fingerprint density at radius 3 is 2.75 bits per heavy atom. The molecule has 2 rings (SSSR count). The van der Waals surface area contributed by atoms with E-state index in [1.807, 2.05) is 0 Å². The highest BCUT2D eigenvalue weighted by atomic mass is 127. The molecule has 1 aromatic heterocycles. The maximum atomic E-state index is 10.8. The zero-order valence-electron chi connectivity index (χ0n) is 7.96. The summed E-state index contributed by atoms with van der Waals surface area (Å²) in [4.78, 5) is 10.3. The molecule has 0 atom stereocenters. The molecule has 6 nitrogen and oxygen atoms in total. The summed E-state index contributed by atoms with van der Waals surface area (Å²) in [6, 6.07) is 6.28. The van der Waals surface area contributed by atoms with Crippen molar-refractivity contribution in [2.24, 2.45) is 0 Å². The molecule has 82 valence electrons. The third kappa shape index (κ3) is 2.03. The molecule has 1 heterocycles. The zero-order chi connectivity index (χ0) is 11.5. The highest BCUT2D eigenvalue weighted by Crippen LogP contribution is 2.28. The van der Waals surface area contributed by atoms with Crippen LogP contribution in [0.15, 0.2) is 28.7 Å². The van der Waals surface area contributed by atoms with Crippen LogP contribution in [0.5, 0.6) is 0 Å². The largest absolute Gasteiger partial charge is 0.420 e. The second kappa shape index (κ2) is 4.56. The van der Waals surface area contributed by atoms with Gasteiger partial charge in [0.25, 0.3) is 11.6 Å². The van der Waals surface area contributed by atoms with Crippen molar-refractivity contribution in [2.75, 3.05) is 0 Å². The molecule has 0 fully saturated rings. The van der Waals surface area contributed by atoms with Crippen molar-refractivity contribution in [2.45, 2.75) is 4.43 Å². The van der Waals surface area contributed by atoms with E-state index in [0.717, 1.165) is 0 Å². The number of nitro benzene ring substituents is 1. The van der Waals surface area contributed by atoms with Crippen molar-refractivity contribution in [1.82, 2.24) is 10.2 Å². The molecule has 0 unspecified atom stereocenters. The van der Waals surface area contributed by atoms with Crippen LogP contribution in [-0.4, -0.2) is 15.1 Å². The molecule has 0 spiro atoms. The van der Waals surface area contributed by atoms with Gasteiger partial charge >= 0.3 is 0 Å². The fraction of sp³-hybridized carbons (Fsp3) is 0.111. The van der Waals surface area contributed by atoms with E-state index in [-0.39, 0.29) is 11.6 Å². The minimum Gasteiger partial charge on any atom is -0.420 e. The summed E-state index contributed by atoms with van der Waals surface area (Å²) in [5, 5.41) is 18.3. The van der Waals surface area contributed by atoms with Gasteiger partial charge in [-0.15, -0.1) is 10.2 Å². The standard InChI is InChI=1S/C9H6IN3O3/c10-5-8-11-12-9(16-8)6-3-1-2-4-7(6)13(14)15/h1-4H,5H2. The molecule has 7 heteroatoms. The summed E-state index contributed by atoms with van der Waals surface area (Å²) in [5.41, 5.74) is 0.308. The van der Waals surface area contributed by atoms with Gasteiger partial charge in [-0.1, -0.05) is 34.7 Å². The maximum absolute atomic E-state index is 10.8. The minimum atomic E-state index is -0.469. The molecule has 0 aliphatic heterocycles. The molecule has 0 aliphatic rings. The van der Waals surface area contributed by atoms with Crippen LogP contribution in [-0.2, 0) is 4.43 Å². The van der Waals surface area contributed by atoms with E-state index in [1.165, 1.54) is 6.07 Å². The van der Waals surface area contributed by atoms with Crippen LogP contribution in [0.2, 0.25) is 0 Å². The van der Waals surface area contributed by atoms with Gasteiger partial charge in [0.05, 0.1) is 9.35 Å². The number of para-hydroxylation sites is 1. The second-order valence-corrected chi connectivity index (χ2v) is 3.67. The molecule has 16 heavy (non-hydrogen) atoms. The molecule has 0 saturated heterocycles. The Kier molecular flexibility index (Phi) is 3.13. The number of hydrogen-bond donors (Lipinski definition) is 0. The topological polar surface area (TPSA) is 82.1 Å². The van der Waals surface area contributed by atoms with Gasteiger partial charge in [0, 0.05) is 6.07 Å². The smallest absolute Gasteiger partial charge is 0.282 e. The first-order valence-corrected chi connectivity index (χ1v) is 5.87. The predicted molar refractivity (Wildman–Crippen MR) is 64.1 cm³/mol. The average molecular weight is 331 g/mol. The van der Waals surface area contributed by atoms with Gasteiger partial charge < -0.3 is 4.42 Å². The monoisotopic (exact) mass is 331 g/mol. The third-order valence-corrected chi connectivity index (χ3v) is 2.56. The van der Waals surface area contributed by atoms with E-state index in [2.05, 4.69) is 32.8 Å². The summed E-state index contributed by atoms with van der Waals surface area (Å²) in [7, 11) is 0. The zero-order valence-corrected chi connectivity index (χ0v) is 10.1. The first kappa shape index (κ1) is 11.0. The first-order chi connectivity index (χ1) is 7.72. The number of hydrogen-bond acceptors (Lipinski definition) is 5. The van der Waals surface area contributed by atoms with Crippen molar-refractivity contribution in [3.63, 3.8) is 0 Å². The van der Waals surface area contributed by atoms with Crippen LogP contribution >= 0.6 is 22.6 Å². The number of benzene rings is 1. The lowest BCUT2D eigenvalue weighted by Gasteiger charge is -1.96. The van der Waals surface area contributed by atoms with Gasteiger partial charge in [-0.3, -0.25) is 10.1 Å². The molecule has 1 aromatic carbocycles. The number of halogens is 1. The SMILES string of the molecule is O=[N+]([O-])c1ccccc1-c1nnc(CI)o1. The Bertz CT molecular complexity index is 526. The quantitative estimate of drug-likeness (QED) is 0.374. The molecule has 0 saturated carbocycles. The molecule has 2 aromatic rings. The van der Waals surface area contributed by atoms with Gasteiger partial charge in [-0.25, -0.2) is 0 Å². The highest BCUT2D eigenvalue weighted by Gasteiger charge is 2.18. The Morgan fingerprint density at radius 2 is 2.12 bits per heavy atom. The van der Waals surface area contributed by atoms with Crippen LogP contribution in [0.4, 0.5) is 5.69 Å². The van der Waals surface area contributed by atoms with Crippen molar-refractivity contribution < 1.29 is 9.34 Å². The molecule has 0 N–H and O–H groups in total. The molecule has 0 radical (unpaired) electrons. The molecule has 0 bridgehead atoms. The van der Waals surface area contributed by atoms with Crippen molar-refractivity contribution in [3.05, 3.63) is 40.3 Å². The molecular formula is C9H6IN3O3. The van der Waals surface area contributed by atoms with Crippen molar-refractivity contribution >= 4 is 28.3 Å². The van der Waals surface area contributed by atoms with E-state index < -0.39 is 4.92 Å². The summed E-state index contributed by atoms with van der Waals surface area (Å²) in [6.45, 7) is 0. The Morgan fingerprint density at radius 1 is 1.38 bits per heavy atom. The maximum Gasteiger partial charge on any atom is 0.282 e. The molecule has 0 amide bonds. The molecular weight excluding hydrogens is 325 g/mol. The van der Waals surface area contributed by atoms with Crippen LogP contribution < -0.4 is 0 Å². The van der Waals surface area contributed by atoms with E-state index >= 15 is 0 Å².